The van der Waals surface area contributed by atoms with E-state index in [1.807, 2.05) is 12.1 Å². The minimum absolute atomic E-state index is 0.115. The average Bonchev–Trinajstić information content (AvgIpc) is 3.28. The number of halogens is 2. The Morgan fingerprint density at radius 3 is 2.06 bits per heavy atom. The molecular weight excluding hydrogens is 503 g/mol. The van der Waals surface area contributed by atoms with E-state index in [9.17, 15) is 13.2 Å². The molecule has 0 aliphatic carbocycles. The molecular formula is C22H16Cl2N4O3S2. The summed E-state index contributed by atoms with van der Waals surface area (Å²) < 4.78 is 26.8. The van der Waals surface area contributed by atoms with E-state index < -0.39 is 10.0 Å². The highest BCUT2D eigenvalue weighted by Gasteiger charge is 2.21. The van der Waals surface area contributed by atoms with Crippen molar-refractivity contribution >= 4 is 61.3 Å². The van der Waals surface area contributed by atoms with E-state index in [-0.39, 0.29) is 10.8 Å². The molecule has 3 aromatic carbocycles. The van der Waals surface area contributed by atoms with Crippen LogP contribution in [0, 0.1) is 0 Å². The maximum atomic E-state index is 12.8. The van der Waals surface area contributed by atoms with Crippen LogP contribution in [-0.2, 0) is 10.0 Å². The van der Waals surface area contributed by atoms with Crippen molar-refractivity contribution in [3.63, 3.8) is 0 Å². The Morgan fingerprint density at radius 2 is 1.45 bits per heavy atom. The summed E-state index contributed by atoms with van der Waals surface area (Å²) in [4.78, 5) is 12.7. The number of amides is 1. The number of anilines is 2. The summed E-state index contributed by atoms with van der Waals surface area (Å²) in [7, 11) is -2.32. The van der Waals surface area contributed by atoms with Crippen molar-refractivity contribution < 1.29 is 13.2 Å². The molecule has 0 unspecified atom stereocenters. The van der Waals surface area contributed by atoms with Crippen molar-refractivity contribution in [1.29, 1.82) is 0 Å². The van der Waals surface area contributed by atoms with E-state index in [0.29, 0.717) is 31.4 Å². The van der Waals surface area contributed by atoms with Gasteiger partial charge in [0.05, 0.1) is 10.6 Å². The maximum absolute atomic E-state index is 12.8. The molecule has 4 rings (SSSR count). The van der Waals surface area contributed by atoms with Gasteiger partial charge in [-0.05, 0) is 60.7 Å². The Morgan fingerprint density at radius 1 is 0.879 bits per heavy atom. The van der Waals surface area contributed by atoms with E-state index in [1.54, 1.807) is 36.4 Å². The first kappa shape index (κ1) is 23.2. The summed E-state index contributed by atoms with van der Waals surface area (Å²) >= 11 is 13.0. The van der Waals surface area contributed by atoms with Crippen LogP contribution in [0.2, 0.25) is 10.0 Å². The van der Waals surface area contributed by atoms with Gasteiger partial charge in [0, 0.05) is 28.2 Å². The number of nitrogens with zero attached hydrogens (tertiary/aromatic N) is 3. The smallest absolute Gasteiger partial charge is 0.264 e. The molecule has 0 saturated carbocycles. The summed E-state index contributed by atoms with van der Waals surface area (Å²) in [5.74, 6) is -0.386. The highest BCUT2D eigenvalue weighted by molar-refractivity contribution is 7.92. The molecule has 0 fully saturated rings. The average molecular weight is 519 g/mol. The molecule has 4 aromatic rings. The number of rotatable bonds is 6. The fourth-order valence-electron chi connectivity index (χ4n) is 2.88. The minimum atomic E-state index is -3.77. The standard InChI is InChI=1S/C22H16Cl2N4O3S2/c1-28(33(30,31)19-12-8-17(24)9-13-19)18-10-4-14(5-11-18)20(29)25-22-27-26-21(32-22)15-2-6-16(23)7-3-15/h2-13H,1H3,(H,25,27,29). The van der Waals surface area contributed by atoms with Crippen molar-refractivity contribution in [2.45, 2.75) is 4.90 Å². The third-order valence-electron chi connectivity index (χ3n) is 4.70. The fraction of sp³-hybridized carbons (Fsp3) is 0.0455. The van der Waals surface area contributed by atoms with Crippen LogP contribution < -0.4 is 9.62 Å². The largest absolute Gasteiger partial charge is 0.296 e. The zero-order valence-electron chi connectivity index (χ0n) is 17.1. The molecule has 7 nitrogen and oxygen atoms in total. The van der Waals surface area contributed by atoms with Crippen LogP contribution in [0.1, 0.15) is 10.4 Å². The lowest BCUT2D eigenvalue weighted by Crippen LogP contribution is -2.26. The van der Waals surface area contributed by atoms with E-state index in [4.69, 9.17) is 23.2 Å². The van der Waals surface area contributed by atoms with Gasteiger partial charge in [0.15, 0.2) is 0 Å². The van der Waals surface area contributed by atoms with Gasteiger partial charge in [0.1, 0.15) is 5.01 Å². The minimum Gasteiger partial charge on any atom is -0.296 e. The Labute approximate surface area is 204 Å². The Balaban J connectivity index is 1.46. The molecule has 11 heteroatoms. The quantitative estimate of drug-likeness (QED) is 0.359. The lowest BCUT2D eigenvalue weighted by molar-refractivity contribution is 0.102. The van der Waals surface area contributed by atoms with Gasteiger partial charge >= 0.3 is 0 Å². The molecule has 0 aliphatic rings. The third-order valence-corrected chi connectivity index (χ3v) is 7.89. The lowest BCUT2D eigenvalue weighted by atomic mass is 10.2. The molecule has 33 heavy (non-hydrogen) atoms. The number of nitrogens with one attached hydrogen (secondary N) is 1. The first-order valence-corrected chi connectivity index (χ1v) is 12.5. The predicted molar refractivity (Wildman–Crippen MR) is 132 cm³/mol. The second kappa shape index (κ2) is 9.48. The van der Waals surface area contributed by atoms with Gasteiger partial charge in [-0.1, -0.05) is 46.7 Å². The van der Waals surface area contributed by atoms with Gasteiger partial charge in [0.2, 0.25) is 5.13 Å². The Bertz CT molecular complexity index is 1390. The van der Waals surface area contributed by atoms with Crippen molar-refractivity contribution in [2.24, 2.45) is 0 Å². The maximum Gasteiger partial charge on any atom is 0.264 e. The highest BCUT2D eigenvalue weighted by Crippen LogP contribution is 2.28. The van der Waals surface area contributed by atoms with Gasteiger partial charge in [-0.2, -0.15) is 0 Å². The molecule has 0 saturated heterocycles. The molecule has 0 spiro atoms. The van der Waals surface area contributed by atoms with Crippen LogP contribution >= 0.6 is 34.5 Å². The number of sulfonamides is 1. The summed E-state index contributed by atoms with van der Waals surface area (Å²) in [5.41, 5.74) is 1.59. The number of benzene rings is 3. The topological polar surface area (TPSA) is 92.3 Å². The summed E-state index contributed by atoms with van der Waals surface area (Å²) in [6.45, 7) is 0. The van der Waals surface area contributed by atoms with Crippen LogP contribution in [-0.4, -0.2) is 31.6 Å². The van der Waals surface area contributed by atoms with Gasteiger partial charge < -0.3 is 0 Å². The van der Waals surface area contributed by atoms with Crippen molar-refractivity contribution in [1.82, 2.24) is 10.2 Å². The number of hydrogen-bond acceptors (Lipinski definition) is 6. The number of carbonyl (C=O) groups excluding carboxylic acids is 1. The normalized spacial score (nSPS) is 11.2. The van der Waals surface area contributed by atoms with E-state index >= 15 is 0 Å². The van der Waals surface area contributed by atoms with E-state index in [0.717, 1.165) is 9.87 Å². The molecule has 0 bridgehead atoms. The highest BCUT2D eigenvalue weighted by atomic mass is 35.5. The van der Waals surface area contributed by atoms with Gasteiger partial charge in [-0.25, -0.2) is 8.42 Å². The molecule has 1 aromatic heterocycles. The van der Waals surface area contributed by atoms with E-state index in [1.165, 1.54) is 42.6 Å². The molecule has 0 atom stereocenters. The zero-order valence-corrected chi connectivity index (χ0v) is 20.2. The van der Waals surface area contributed by atoms with Crippen molar-refractivity contribution in [2.75, 3.05) is 16.7 Å². The lowest BCUT2D eigenvalue weighted by Gasteiger charge is -2.19. The van der Waals surface area contributed by atoms with Crippen LogP contribution in [0.4, 0.5) is 10.8 Å². The summed E-state index contributed by atoms with van der Waals surface area (Å²) in [5, 5.41) is 12.9. The molecule has 1 amide bonds. The first-order valence-electron chi connectivity index (χ1n) is 9.49. The van der Waals surface area contributed by atoms with Gasteiger partial charge in [0.25, 0.3) is 15.9 Å². The van der Waals surface area contributed by atoms with Gasteiger partial charge in [-0.15, -0.1) is 10.2 Å². The second-order valence-corrected chi connectivity index (χ2v) is 10.7. The molecule has 0 radical (unpaired) electrons. The molecule has 168 valence electrons. The second-order valence-electron chi connectivity index (χ2n) is 6.85. The van der Waals surface area contributed by atoms with E-state index in [2.05, 4.69) is 15.5 Å². The van der Waals surface area contributed by atoms with Gasteiger partial charge in [-0.3, -0.25) is 14.4 Å². The molecule has 1 heterocycles. The SMILES string of the molecule is CN(c1ccc(C(=O)Nc2nnc(-c3ccc(Cl)cc3)s2)cc1)S(=O)(=O)c1ccc(Cl)cc1. The Hall–Kier alpha value is -2.98. The van der Waals surface area contributed by atoms with Crippen LogP contribution in [0.5, 0.6) is 0 Å². The zero-order chi connectivity index (χ0) is 23.6. The summed E-state index contributed by atoms with van der Waals surface area (Å²) in [6, 6.07) is 19.3. The summed E-state index contributed by atoms with van der Waals surface area (Å²) in [6.07, 6.45) is 0. The van der Waals surface area contributed by atoms with Crippen LogP contribution in [0.25, 0.3) is 10.6 Å². The fourth-order valence-corrected chi connectivity index (χ4v) is 5.07. The number of hydrogen-bond donors (Lipinski definition) is 1. The Kier molecular flexibility index (Phi) is 6.66. The van der Waals surface area contributed by atoms with Crippen LogP contribution in [0.15, 0.2) is 77.7 Å². The monoisotopic (exact) mass is 518 g/mol. The van der Waals surface area contributed by atoms with Crippen LogP contribution in [0.3, 0.4) is 0 Å². The third kappa shape index (κ3) is 5.17. The first-order chi connectivity index (χ1) is 15.7. The number of aromatic nitrogens is 2. The predicted octanol–water partition coefficient (Wildman–Crippen LogP) is 5.59. The number of carbonyl (C=O) groups is 1. The molecule has 1 N–H and O–H groups in total. The molecule has 0 aliphatic heterocycles. The van der Waals surface area contributed by atoms with Crippen molar-refractivity contribution in [3.05, 3.63) is 88.4 Å². The van der Waals surface area contributed by atoms with Crippen molar-refractivity contribution in [3.8, 4) is 10.6 Å².